The molecule has 1 aliphatic heterocycles. The van der Waals surface area contributed by atoms with Crippen LogP contribution in [0.5, 0.6) is 0 Å². The van der Waals surface area contributed by atoms with E-state index in [1.165, 1.54) is 11.4 Å². The van der Waals surface area contributed by atoms with Crippen molar-refractivity contribution in [3.63, 3.8) is 0 Å². The molecule has 0 radical (unpaired) electrons. The van der Waals surface area contributed by atoms with E-state index in [4.69, 9.17) is 0 Å². The van der Waals surface area contributed by atoms with E-state index in [9.17, 15) is 13.2 Å². The van der Waals surface area contributed by atoms with Gasteiger partial charge in [0.05, 0.1) is 11.4 Å². The molecule has 0 bridgehead atoms. The molecule has 0 spiro atoms. The van der Waals surface area contributed by atoms with Crippen molar-refractivity contribution >= 4 is 43.2 Å². The normalized spacial score (nSPS) is 16.5. The van der Waals surface area contributed by atoms with Gasteiger partial charge in [-0.1, -0.05) is 15.9 Å². The van der Waals surface area contributed by atoms with Gasteiger partial charge in [-0.3, -0.25) is 9.10 Å². The minimum absolute atomic E-state index is 0.0296. The molecular weight excluding hydrogens is 416 g/mol. The lowest BCUT2D eigenvalue weighted by atomic mass is 10.1. The topological polar surface area (TPSA) is 57.7 Å². The molecule has 7 heteroatoms. The van der Waals surface area contributed by atoms with Gasteiger partial charge in [0.25, 0.3) is 5.91 Å². The summed E-state index contributed by atoms with van der Waals surface area (Å²) >= 11 is 3.47. The second-order valence-electron chi connectivity index (χ2n) is 6.42. The Bertz CT molecular complexity index is 942. The van der Waals surface area contributed by atoms with Crippen LogP contribution in [0, 0.1) is 0 Å². The van der Waals surface area contributed by atoms with Gasteiger partial charge in [0.1, 0.15) is 0 Å². The molecular formula is C19H21BrN2O3S. The van der Waals surface area contributed by atoms with E-state index in [1.54, 1.807) is 31.2 Å². The molecule has 0 saturated heterocycles. The van der Waals surface area contributed by atoms with E-state index in [-0.39, 0.29) is 17.7 Å². The average molecular weight is 437 g/mol. The van der Waals surface area contributed by atoms with Crippen LogP contribution in [0.4, 0.5) is 11.4 Å². The van der Waals surface area contributed by atoms with E-state index < -0.39 is 10.0 Å². The lowest BCUT2D eigenvalue weighted by Gasteiger charge is -2.23. The van der Waals surface area contributed by atoms with Crippen molar-refractivity contribution in [1.82, 2.24) is 0 Å². The van der Waals surface area contributed by atoms with Crippen molar-refractivity contribution in [2.24, 2.45) is 0 Å². The second kappa shape index (κ2) is 7.04. The van der Waals surface area contributed by atoms with Crippen molar-refractivity contribution in [3.8, 4) is 0 Å². The van der Waals surface area contributed by atoms with Gasteiger partial charge >= 0.3 is 0 Å². The number of amides is 1. The number of nitrogens with zero attached hydrogens (tertiary/aromatic N) is 2. The molecule has 26 heavy (non-hydrogen) atoms. The summed E-state index contributed by atoms with van der Waals surface area (Å²) in [7, 11) is -1.80. The summed E-state index contributed by atoms with van der Waals surface area (Å²) < 4.78 is 26.2. The Kier molecular flexibility index (Phi) is 5.12. The fraction of sp³-hybridized carbons (Fsp3) is 0.316. The van der Waals surface area contributed by atoms with E-state index in [1.807, 2.05) is 30.0 Å². The average Bonchev–Trinajstić information content (AvgIpc) is 2.95. The van der Waals surface area contributed by atoms with Gasteiger partial charge in [-0.05, 0) is 68.3 Å². The van der Waals surface area contributed by atoms with Crippen LogP contribution in [0.15, 0.2) is 46.9 Å². The lowest BCUT2D eigenvalue weighted by molar-refractivity contribution is 0.0981. The van der Waals surface area contributed by atoms with E-state index in [0.717, 1.165) is 22.1 Å². The quantitative estimate of drug-likeness (QED) is 0.731. The molecule has 0 aliphatic carbocycles. The molecule has 2 aromatic rings. The Morgan fingerprint density at radius 3 is 2.50 bits per heavy atom. The van der Waals surface area contributed by atoms with Crippen molar-refractivity contribution < 1.29 is 13.2 Å². The van der Waals surface area contributed by atoms with Crippen LogP contribution in [-0.4, -0.2) is 33.2 Å². The zero-order valence-corrected chi connectivity index (χ0v) is 17.3. The van der Waals surface area contributed by atoms with Crippen LogP contribution in [0.25, 0.3) is 0 Å². The van der Waals surface area contributed by atoms with Crippen molar-refractivity contribution in [3.05, 3.63) is 58.1 Å². The molecule has 1 aliphatic rings. The number of hydrogen-bond acceptors (Lipinski definition) is 3. The number of rotatable bonds is 4. The number of benzene rings is 2. The summed E-state index contributed by atoms with van der Waals surface area (Å²) in [6.45, 7) is 3.63. The van der Waals surface area contributed by atoms with Crippen LogP contribution >= 0.6 is 15.9 Å². The van der Waals surface area contributed by atoms with Crippen LogP contribution in [-0.2, 0) is 16.4 Å². The summed E-state index contributed by atoms with van der Waals surface area (Å²) in [6.07, 6.45) is 0.816. The zero-order valence-electron chi connectivity index (χ0n) is 14.9. The monoisotopic (exact) mass is 436 g/mol. The molecule has 5 nitrogen and oxygen atoms in total. The first-order chi connectivity index (χ1) is 12.2. The fourth-order valence-electron chi connectivity index (χ4n) is 3.22. The van der Waals surface area contributed by atoms with Gasteiger partial charge < -0.3 is 4.90 Å². The van der Waals surface area contributed by atoms with E-state index >= 15 is 0 Å². The molecule has 1 heterocycles. The minimum atomic E-state index is -3.32. The SMILES string of the molecule is CCS(=O)(=O)N(C)c1ccc(C(=O)N2c3ccc(Br)cc3CC2C)cc1. The zero-order chi connectivity index (χ0) is 19.1. The third-order valence-corrected chi connectivity index (χ3v) is 7.00. The molecule has 0 N–H and O–H groups in total. The predicted octanol–water partition coefficient (Wildman–Crippen LogP) is 3.83. The number of carbonyl (C=O) groups is 1. The van der Waals surface area contributed by atoms with E-state index in [0.29, 0.717) is 11.3 Å². The Morgan fingerprint density at radius 2 is 1.88 bits per heavy atom. The first-order valence-electron chi connectivity index (χ1n) is 8.43. The maximum Gasteiger partial charge on any atom is 0.258 e. The van der Waals surface area contributed by atoms with Gasteiger partial charge in [-0.25, -0.2) is 8.42 Å². The molecule has 3 rings (SSSR count). The maximum absolute atomic E-state index is 13.0. The predicted molar refractivity (Wildman–Crippen MR) is 108 cm³/mol. The van der Waals surface area contributed by atoms with E-state index in [2.05, 4.69) is 15.9 Å². The number of hydrogen-bond donors (Lipinski definition) is 0. The molecule has 1 atom stereocenters. The summed E-state index contributed by atoms with van der Waals surface area (Å²) in [4.78, 5) is 14.8. The molecule has 138 valence electrons. The first kappa shape index (κ1) is 18.9. The highest BCUT2D eigenvalue weighted by Gasteiger charge is 2.31. The Balaban J connectivity index is 1.88. The van der Waals surface area contributed by atoms with Gasteiger partial charge in [-0.2, -0.15) is 0 Å². The van der Waals surface area contributed by atoms with Crippen LogP contribution in [0.3, 0.4) is 0 Å². The number of halogens is 1. The largest absolute Gasteiger partial charge is 0.305 e. The van der Waals surface area contributed by atoms with Crippen molar-refractivity contribution in [1.29, 1.82) is 0 Å². The molecule has 1 unspecified atom stereocenters. The van der Waals surface area contributed by atoms with Crippen molar-refractivity contribution in [2.45, 2.75) is 26.3 Å². The van der Waals surface area contributed by atoms with Gasteiger partial charge in [0, 0.05) is 28.8 Å². The number of sulfonamides is 1. The van der Waals surface area contributed by atoms with Crippen molar-refractivity contribution in [2.75, 3.05) is 22.0 Å². The summed E-state index contributed by atoms with van der Waals surface area (Å²) in [5.74, 6) is -0.0481. The van der Waals surface area contributed by atoms with Gasteiger partial charge in [0.15, 0.2) is 0 Å². The molecule has 0 saturated carbocycles. The van der Waals surface area contributed by atoms with Crippen LogP contribution < -0.4 is 9.21 Å². The summed E-state index contributed by atoms with van der Waals surface area (Å²) in [6, 6.07) is 12.7. The molecule has 1 amide bonds. The third-order valence-electron chi connectivity index (χ3n) is 4.74. The molecule has 0 fully saturated rings. The lowest BCUT2D eigenvalue weighted by Crippen LogP contribution is -2.35. The number of fused-ring (bicyclic) bond motifs is 1. The Hall–Kier alpha value is -1.86. The summed E-state index contributed by atoms with van der Waals surface area (Å²) in [5.41, 5.74) is 3.16. The second-order valence-corrected chi connectivity index (χ2v) is 9.62. The smallest absolute Gasteiger partial charge is 0.258 e. The molecule has 2 aromatic carbocycles. The standard InChI is InChI=1S/C19H21BrN2O3S/c1-4-26(24,25)21(3)17-8-5-14(6-9-17)19(23)22-13(2)11-15-12-16(20)7-10-18(15)22/h5-10,12-13H,4,11H2,1-3H3. The highest BCUT2D eigenvalue weighted by atomic mass is 79.9. The number of anilines is 2. The minimum Gasteiger partial charge on any atom is -0.305 e. The Morgan fingerprint density at radius 1 is 1.23 bits per heavy atom. The highest BCUT2D eigenvalue weighted by Crippen LogP contribution is 2.35. The highest BCUT2D eigenvalue weighted by molar-refractivity contribution is 9.10. The third kappa shape index (κ3) is 3.38. The maximum atomic E-state index is 13.0. The van der Waals surface area contributed by atoms with Crippen LogP contribution in [0.2, 0.25) is 0 Å². The van der Waals surface area contributed by atoms with Gasteiger partial charge in [0.2, 0.25) is 10.0 Å². The van der Waals surface area contributed by atoms with Gasteiger partial charge in [-0.15, -0.1) is 0 Å². The first-order valence-corrected chi connectivity index (χ1v) is 10.8. The summed E-state index contributed by atoms with van der Waals surface area (Å²) in [5, 5.41) is 0. The van der Waals surface area contributed by atoms with Crippen LogP contribution in [0.1, 0.15) is 29.8 Å². The fourth-order valence-corrected chi connectivity index (χ4v) is 4.46. The number of carbonyl (C=O) groups excluding carboxylic acids is 1. The Labute approximate surface area is 162 Å². The molecule has 0 aromatic heterocycles.